The number of nitrogens with zero attached hydrogens (tertiary/aromatic N) is 1. The molecule has 6 heteroatoms. The van der Waals surface area contributed by atoms with E-state index in [1.165, 1.54) is 0 Å². The molecule has 0 spiro atoms. The summed E-state index contributed by atoms with van der Waals surface area (Å²) in [6.07, 6.45) is 1.22. The van der Waals surface area contributed by atoms with Gasteiger partial charge in [-0.05, 0) is 42.8 Å². The second-order valence-electron chi connectivity index (χ2n) is 4.66. The van der Waals surface area contributed by atoms with Crippen molar-refractivity contribution in [2.75, 3.05) is 6.54 Å². The van der Waals surface area contributed by atoms with Gasteiger partial charge in [-0.15, -0.1) is 0 Å². The van der Waals surface area contributed by atoms with Crippen LogP contribution in [0.5, 0.6) is 0 Å². The predicted molar refractivity (Wildman–Crippen MR) is 74.5 cm³/mol. The molecule has 0 fully saturated rings. The van der Waals surface area contributed by atoms with E-state index in [0.29, 0.717) is 5.69 Å². The maximum absolute atomic E-state index is 12.0. The fourth-order valence-corrected chi connectivity index (χ4v) is 1.96. The number of aliphatic hydroxyl groups excluding tert-OH is 1. The molecule has 1 aromatic heterocycles. The van der Waals surface area contributed by atoms with Crippen LogP contribution in [-0.2, 0) is 0 Å². The number of halogens is 1. The average molecular weight is 318 g/mol. The highest BCUT2D eigenvalue weighted by Crippen LogP contribution is 2.19. The summed E-state index contributed by atoms with van der Waals surface area (Å²) >= 11 is 3.36. The van der Waals surface area contributed by atoms with Gasteiger partial charge in [0.1, 0.15) is 5.69 Å². The Kier molecular flexibility index (Phi) is 5.37. The number of carbonyl (C=O) groups excluding carboxylic acids is 1. The quantitative estimate of drug-likeness (QED) is 0.765. The van der Waals surface area contributed by atoms with Crippen molar-refractivity contribution in [3.8, 4) is 0 Å². The predicted octanol–water partition coefficient (Wildman–Crippen LogP) is 1.27. The van der Waals surface area contributed by atoms with E-state index in [0.717, 1.165) is 4.47 Å². The molecule has 1 rings (SSSR count). The van der Waals surface area contributed by atoms with Gasteiger partial charge in [-0.3, -0.25) is 4.79 Å². The maximum atomic E-state index is 12.0. The Balaban J connectivity index is 2.72. The van der Waals surface area contributed by atoms with Crippen molar-refractivity contribution in [2.45, 2.75) is 39.0 Å². The number of rotatable bonds is 5. The molecule has 0 aliphatic carbocycles. The molecule has 1 amide bonds. The van der Waals surface area contributed by atoms with Crippen molar-refractivity contribution in [3.05, 3.63) is 22.4 Å². The largest absolute Gasteiger partial charge is 0.392 e. The fraction of sp³-hybridized carbons (Fsp3) is 0.583. The lowest BCUT2D eigenvalue weighted by Gasteiger charge is -2.17. The molecule has 0 radical (unpaired) electrons. The van der Waals surface area contributed by atoms with Crippen LogP contribution in [-0.4, -0.2) is 34.3 Å². The summed E-state index contributed by atoms with van der Waals surface area (Å²) in [5.74, 6) is -0.189. The minimum atomic E-state index is -0.645. The van der Waals surface area contributed by atoms with Crippen molar-refractivity contribution < 1.29 is 9.90 Å². The topological polar surface area (TPSA) is 80.3 Å². The summed E-state index contributed by atoms with van der Waals surface area (Å²) in [4.78, 5) is 12.0. The summed E-state index contributed by atoms with van der Waals surface area (Å²) < 4.78 is 2.74. The molecule has 102 valence electrons. The van der Waals surface area contributed by atoms with Crippen molar-refractivity contribution in [1.29, 1.82) is 0 Å². The lowest BCUT2D eigenvalue weighted by molar-refractivity contribution is 0.0927. The number of aliphatic hydroxyl groups is 1. The molecule has 0 aliphatic rings. The first-order valence-corrected chi connectivity index (χ1v) is 6.71. The number of aromatic nitrogens is 1. The Morgan fingerprint density at radius 1 is 1.56 bits per heavy atom. The van der Waals surface area contributed by atoms with E-state index in [1.807, 2.05) is 24.6 Å². The third kappa shape index (κ3) is 3.83. The van der Waals surface area contributed by atoms with E-state index >= 15 is 0 Å². The number of amides is 1. The van der Waals surface area contributed by atoms with Crippen molar-refractivity contribution in [1.82, 2.24) is 9.88 Å². The summed E-state index contributed by atoms with van der Waals surface area (Å²) in [5, 5.41) is 12.0. The monoisotopic (exact) mass is 317 g/mol. The smallest absolute Gasteiger partial charge is 0.268 e. The summed E-state index contributed by atoms with van der Waals surface area (Å²) in [6.45, 7) is 5.86. The maximum Gasteiger partial charge on any atom is 0.268 e. The molecule has 1 heterocycles. The molecule has 1 aromatic rings. The Morgan fingerprint density at radius 2 is 2.17 bits per heavy atom. The number of nitrogens with one attached hydrogen (secondary N) is 1. The van der Waals surface area contributed by atoms with Crippen LogP contribution in [0.2, 0.25) is 0 Å². The number of carbonyl (C=O) groups is 1. The molecular formula is C12H20BrN3O2. The first kappa shape index (κ1) is 15.2. The SMILES string of the molecule is CC(O)C(N)CNC(=O)c1cc(Br)cn1C(C)C. The van der Waals surface area contributed by atoms with Gasteiger partial charge in [0, 0.05) is 29.3 Å². The zero-order valence-corrected chi connectivity index (χ0v) is 12.4. The van der Waals surface area contributed by atoms with E-state index in [-0.39, 0.29) is 18.5 Å². The van der Waals surface area contributed by atoms with E-state index in [4.69, 9.17) is 5.73 Å². The van der Waals surface area contributed by atoms with Gasteiger partial charge < -0.3 is 20.7 Å². The average Bonchev–Trinajstić information content (AvgIpc) is 2.67. The molecule has 0 aromatic carbocycles. The molecule has 0 saturated carbocycles. The van der Waals surface area contributed by atoms with Gasteiger partial charge in [-0.1, -0.05) is 0 Å². The van der Waals surface area contributed by atoms with Crippen molar-refractivity contribution in [2.24, 2.45) is 5.73 Å². The fourth-order valence-electron chi connectivity index (χ4n) is 1.53. The molecule has 2 atom stereocenters. The van der Waals surface area contributed by atoms with Crippen molar-refractivity contribution in [3.63, 3.8) is 0 Å². The first-order valence-electron chi connectivity index (χ1n) is 5.92. The highest BCUT2D eigenvalue weighted by Gasteiger charge is 2.16. The van der Waals surface area contributed by atoms with Gasteiger partial charge in [0.05, 0.1) is 6.10 Å². The number of nitrogens with two attached hydrogens (primary N) is 1. The molecule has 5 nitrogen and oxygen atoms in total. The highest BCUT2D eigenvalue weighted by molar-refractivity contribution is 9.10. The first-order chi connectivity index (χ1) is 8.32. The van der Waals surface area contributed by atoms with E-state index in [9.17, 15) is 9.90 Å². The molecule has 0 saturated heterocycles. The Labute approximate surface area is 115 Å². The standard InChI is InChI=1S/C12H20BrN3O2/c1-7(2)16-6-9(13)4-11(16)12(18)15-5-10(14)8(3)17/h4,6-8,10,17H,5,14H2,1-3H3,(H,15,18). The third-order valence-corrected chi connectivity index (χ3v) is 3.16. The van der Waals surface area contributed by atoms with Crippen molar-refractivity contribution >= 4 is 21.8 Å². The lowest BCUT2D eigenvalue weighted by atomic mass is 10.2. The van der Waals surface area contributed by atoms with Gasteiger partial charge in [-0.25, -0.2) is 0 Å². The highest BCUT2D eigenvalue weighted by atomic mass is 79.9. The van der Waals surface area contributed by atoms with E-state index in [2.05, 4.69) is 21.2 Å². The van der Waals surface area contributed by atoms with Gasteiger partial charge in [0.2, 0.25) is 0 Å². The van der Waals surface area contributed by atoms with Gasteiger partial charge >= 0.3 is 0 Å². The number of hydrogen-bond donors (Lipinski definition) is 3. The van der Waals surface area contributed by atoms with Gasteiger partial charge in [0.25, 0.3) is 5.91 Å². The normalized spacial score (nSPS) is 14.6. The Morgan fingerprint density at radius 3 is 2.67 bits per heavy atom. The summed E-state index contributed by atoms with van der Waals surface area (Å²) in [7, 11) is 0. The minimum absolute atomic E-state index is 0.189. The van der Waals surface area contributed by atoms with Crippen LogP contribution in [0.15, 0.2) is 16.7 Å². The van der Waals surface area contributed by atoms with Gasteiger partial charge in [-0.2, -0.15) is 0 Å². The number of hydrogen-bond acceptors (Lipinski definition) is 3. The third-order valence-electron chi connectivity index (χ3n) is 2.72. The van der Waals surface area contributed by atoms with Crippen LogP contribution in [0.1, 0.15) is 37.3 Å². The van der Waals surface area contributed by atoms with Crippen LogP contribution < -0.4 is 11.1 Å². The van der Waals surface area contributed by atoms with Crippen LogP contribution in [0.3, 0.4) is 0 Å². The van der Waals surface area contributed by atoms with Crippen LogP contribution in [0, 0.1) is 0 Å². The molecule has 4 N–H and O–H groups in total. The Bertz CT molecular complexity index is 415. The van der Waals surface area contributed by atoms with Crippen LogP contribution in [0.4, 0.5) is 0 Å². The van der Waals surface area contributed by atoms with Crippen LogP contribution >= 0.6 is 15.9 Å². The second-order valence-corrected chi connectivity index (χ2v) is 5.57. The lowest BCUT2D eigenvalue weighted by Crippen LogP contribution is -2.44. The molecule has 0 bridgehead atoms. The Hall–Kier alpha value is -0.850. The van der Waals surface area contributed by atoms with Gasteiger partial charge in [0.15, 0.2) is 0 Å². The molecular weight excluding hydrogens is 298 g/mol. The summed E-state index contributed by atoms with van der Waals surface area (Å²) in [6, 6.07) is 1.51. The van der Waals surface area contributed by atoms with Crippen LogP contribution in [0.25, 0.3) is 0 Å². The molecule has 0 aliphatic heterocycles. The minimum Gasteiger partial charge on any atom is -0.392 e. The zero-order valence-electron chi connectivity index (χ0n) is 10.9. The summed E-state index contributed by atoms with van der Waals surface area (Å²) in [5.41, 5.74) is 6.24. The second kappa shape index (κ2) is 6.36. The molecule has 2 unspecified atom stereocenters. The van der Waals surface area contributed by atoms with E-state index in [1.54, 1.807) is 13.0 Å². The van der Waals surface area contributed by atoms with E-state index < -0.39 is 12.1 Å². The zero-order chi connectivity index (χ0) is 13.9. The molecule has 18 heavy (non-hydrogen) atoms.